The number of nitro benzene ring substituents is 1. The van der Waals surface area contributed by atoms with Crippen LogP contribution in [0.4, 0.5) is 11.4 Å². The number of rotatable bonds is 5. The van der Waals surface area contributed by atoms with Crippen LogP contribution in [-0.4, -0.2) is 16.6 Å². The zero-order valence-electron chi connectivity index (χ0n) is 10.9. The third kappa shape index (κ3) is 3.17. The normalized spacial score (nSPS) is 10.1. The van der Waals surface area contributed by atoms with E-state index in [9.17, 15) is 15.2 Å². The Balaban J connectivity index is 2.20. The Morgan fingerprint density at radius 2 is 1.95 bits per heavy atom. The van der Waals surface area contributed by atoms with E-state index in [1.165, 1.54) is 30.3 Å². The Hall–Kier alpha value is -2.76. The van der Waals surface area contributed by atoms with Crippen molar-refractivity contribution in [2.24, 2.45) is 0 Å². The molecule has 2 rings (SSSR count). The maximum absolute atomic E-state index is 10.6. The molecule has 2 aromatic rings. The van der Waals surface area contributed by atoms with Crippen molar-refractivity contribution in [3.8, 4) is 17.2 Å². The highest BCUT2D eigenvalue weighted by molar-refractivity contribution is 5.55. The fourth-order valence-electron chi connectivity index (χ4n) is 1.67. The number of benzene rings is 2. The number of nitrogens with one attached hydrogen (secondary N) is 1. The summed E-state index contributed by atoms with van der Waals surface area (Å²) in [5, 5.41) is 23.4. The summed E-state index contributed by atoms with van der Waals surface area (Å²) in [6.45, 7) is 2.71. The van der Waals surface area contributed by atoms with E-state index in [0.29, 0.717) is 5.75 Å². The SMILES string of the molecule is CCNc1ccc(O)c(Oc2ccc([N+](=O)[O-])cc2)c1. The van der Waals surface area contributed by atoms with Crippen molar-refractivity contribution in [1.82, 2.24) is 0 Å². The van der Waals surface area contributed by atoms with Crippen LogP contribution in [0.15, 0.2) is 42.5 Å². The van der Waals surface area contributed by atoms with E-state index in [1.54, 1.807) is 12.1 Å². The first kappa shape index (κ1) is 13.7. The van der Waals surface area contributed by atoms with Crippen LogP contribution in [0.25, 0.3) is 0 Å². The summed E-state index contributed by atoms with van der Waals surface area (Å²) in [6.07, 6.45) is 0. The second-order valence-electron chi connectivity index (χ2n) is 4.07. The minimum absolute atomic E-state index is 0.00464. The van der Waals surface area contributed by atoms with Crippen LogP contribution < -0.4 is 10.1 Å². The number of hydrogen-bond donors (Lipinski definition) is 2. The summed E-state index contributed by atoms with van der Waals surface area (Å²) < 4.78 is 5.52. The van der Waals surface area contributed by atoms with Crippen molar-refractivity contribution in [1.29, 1.82) is 0 Å². The molecule has 0 saturated carbocycles. The Morgan fingerprint density at radius 1 is 1.25 bits per heavy atom. The van der Waals surface area contributed by atoms with E-state index >= 15 is 0 Å². The average Bonchev–Trinajstić information content (AvgIpc) is 2.43. The molecule has 0 bridgehead atoms. The van der Waals surface area contributed by atoms with Crippen LogP contribution in [0.1, 0.15) is 6.92 Å². The smallest absolute Gasteiger partial charge is 0.269 e. The van der Waals surface area contributed by atoms with Gasteiger partial charge >= 0.3 is 0 Å². The molecule has 0 heterocycles. The molecule has 0 aromatic heterocycles. The molecule has 0 aliphatic carbocycles. The Kier molecular flexibility index (Phi) is 4.05. The molecule has 0 saturated heterocycles. The van der Waals surface area contributed by atoms with Crippen LogP contribution in [0, 0.1) is 10.1 Å². The van der Waals surface area contributed by atoms with Crippen molar-refractivity contribution in [3.63, 3.8) is 0 Å². The van der Waals surface area contributed by atoms with E-state index < -0.39 is 4.92 Å². The van der Waals surface area contributed by atoms with Gasteiger partial charge in [0.15, 0.2) is 11.5 Å². The maximum Gasteiger partial charge on any atom is 0.269 e. The van der Waals surface area contributed by atoms with Crippen molar-refractivity contribution >= 4 is 11.4 Å². The number of nitro groups is 1. The van der Waals surface area contributed by atoms with E-state index in [1.807, 2.05) is 6.92 Å². The third-order valence-electron chi connectivity index (χ3n) is 2.62. The molecule has 6 heteroatoms. The van der Waals surface area contributed by atoms with Crippen LogP contribution >= 0.6 is 0 Å². The number of aromatic hydroxyl groups is 1. The summed E-state index contributed by atoms with van der Waals surface area (Å²) in [5.74, 6) is 0.710. The largest absolute Gasteiger partial charge is 0.504 e. The van der Waals surface area contributed by atoms with Crippen LogP contribution in [-0.2, 0) is 0 Å². The highest BCUT2D eigenvalue weighted by Crippen LogP contribution is 2.33. The summed E-state index contributed by atoms with van der Waals surface area (Å²) in [4.78, 5) is 10.1. The predicted octanol–water partition coefficient (Wildman–Crippen LogP) is 3.52. The molecule has 0 aliphatic rings. The highest BCUT2D eigenvalue weighted by Gasteiger charge is 2.08. The number of phenolic OH excluding ortho intramolecular Hbond substituents is 1. The molecule has 2 N–H and O–H groups in total. The van der Waals surface area contributed by atoms with E-state index in [4.69, 9.17) is 4.74 Å². The molecule has 0 radical (unpaired) electrons. The monoisotopic (exact) mass is 274 g/mol. The third-order valence-corrected chi connectivity index (χ3v) is 2.62. The molecule has 6 nitrogen and oxygen atoms in total. The van der Waals surface area contributed by atoms with Gasteiger partial charge in [-0.05, 0) is 31.2 Å². The first-order valence-corrected chi connectivity index (χ1v) is 6.09. The summed E-state index contributed by atoms with van der Waals surface area (Å²) >= 11 is 0. The van der Waals surface area contributed by atoms with Crippen LogP contribution in [0.3, 0.4) is 0 Å². The molecular weight excluding hydrogens is 260 g/mol. The van der Waals surface area contributed by atoms with Gasteiger partial charge in [-0.2, -0.15) is 0 Å². The maximum atomic E-state index is 10.6. The quantitative estimate of drug-likeness (QED) is 0.495. The lowest BCUT2D eigenvalue weighted by atomic mass is 10.2. The fourth-order valence-corrected chi connectivity index (χ4v) is 1.67. The Morgan fingerprint density at radius 3 is 2.55 bits per heavy atom. The lowest BCUT2D eigenvalue weighted by Gasteiger charge is -2.10. The standard InChI is InChI=1S/C14H14N2O4/c1-2-15-10-3-8-13(17)14(9-10)20-12-6-4-11(5-7-12)16(18)19/h3-9,15,17H,2H2,1H3. The van der Waals surface area contributed by atoms with Crippen LogP contribution in [0.2, 0.25) is 0 Å². The molecule has 0 aliphatic heterocycles. The van der Waals surface area contributed by atoms with Gasteiger partial charge < -0.3 is 15.2 Å². The number of phenols is 1. The van der Waals surface area contributed by atoms with Crippen molar-refractivity contribution in [2.45, 2.75) is 6.92 Å². The summed E-state index contributed by atoms with van der Waals surface area (Å²) in [7, 11) is 0. The topological polar surface area (TPSA) is 84.6 Å². The molecule has 20 heavy (non-hydrogen) atoms. The molecule has 104 valence electrons. The van der Waals surface area contributed by atoms with E-state index in [0.717, 1.165) is 12.2 Å². The first-order chi connectivity index (χ1) is 9.60. The minimum atomic E-state index is -0.479. The molecular formula is C14H14N2O4. The molecule has 0 spiro atoms. The Bertz CT molecular complexity index is 611. The van der Waals surface area contributed by atoms with E-state index in [-0.39, 0.29) is 17.2 Å². The summed E-state index contributed by atoms with van der Waals surface area (Å²) in [5.41, 5.74) is 0.810. The summed E-state index contributed by atoms with van der Waals surface area (Å²) in [6, 6.07) is 10.6. The molecule has 0 atom stereocenters. The molecule has 2 aromatic carbocycles. The second kappa shape index (κ2) is 5.92. The fraction of sp³-hybridized carbons (Fsp3) is 0.143. The molecule has 0 unspecified atom stereocenters. The average molecular weight is 274 g/mol. The number of hydrogen-bond acceptors (Lipinski definition) is 5. The lowest BCUT2D eigenvalue weighted by Crippen LogP contribution is -1.96. The number of ether oxygens (including phenoxy) is 1. The zero-order valence-corrected chi connectivity index (χ0v) is 10.9. The van der Waals surface area contributed by atoms with E-state index in [2.05, 4.69) is 5.32 Å². The Labute approximate surface area is 115 Å². The van der Waals surface area contributed by atoms with Gasteiger partial charge in [-0.15, -0.1) is 0 Å². The van der Waals surface area contributed by atoms with Gasteiger partial charge in [-0.1, -0.05) is 0 Å². The van der Waals surface area contributed by atoms with Gasteiger partial charge in [-0.25, -0.2) is 0 Å². The zero-order chi connectivity index (χ0) is 14.5. The number of non-ortho nitro benzene ring substituents is 1. The van der Waals surface area contributed by atoms with Gasteiger partial charge in [0, 0.05) is 30.4 Å². The van der Waals surface area contributed by atoms with Gasteiger partial charge in [0.25, 0.3) is 5.69 Å². The van der Waals surface area contributed by atoms with Crippen molar-refractivity contribution in [3.05, 3.63) is 52.6 Å². The van der Waals surface area contributed by atoms with Crippen molar-refractivity contribution in [2.75, 3.05) is 11.9 Å². The lowest BCUT2D eigenvalue weighted by molar-refractivity contribution is -0.384. The number of nitrogens with zero attached hydrogens (tertiary/aromatic N) is 1. The van der Waals surface area contributed by atoms with Gasteiger partial charge in [-0.3, -0.25) is 10.1 Å². The first-order valence-electron chi connectivity index (χ1n) is 6.09. The molecule has 0 amide bonds. The number of anilines is 1. The second-order valence-corrected chi connectivity index (χ2v) is 4.07. The van der Waals surface area contributed by atoms with Crippen LogP contribution in [0.5, 0.6) is 17.2 Å². The highest BCUT2D eigenvalue weighted by atomic mass is 16.6. The van der Waals surface area contributed by atoms with Gasteiger partial charge in [0.1, 0.15) is 5.75 Å². The molecule has 0 fully saturated rings. The van der Waals surface area contributed by atoms with Crippen molar-refractivity contribution < 1.29 is 14.8 Å². The van der Waals surface area contributed by atoms with Gasteiger partial charge in [0.2, 0.25) is 0 Å². The van der Waals surface area contributed by atoms with Gasteiger partial charge in [0.05, 0.1) is 4.92 Å². The minimum Gasteiger partial charge on any atom is -0.504 e. The predicted molar refractivity (Wildman–Crippen MR) is 75.4 cm³/mol.